The van der Waals surface area contributed by atoms with Crippen molar-refractivity contribution in [3.8, 4) is 5.75 Å². The molecular weight excluding hydrogens is 345 g/mol. The van der Waals surface area contributed by atoms with Crippen LogP contribution in [0.5, 0.6) is 5.75 Å². The average molecular weight is 359 g/mol. The van der Waals surface area contributed by atoms with Crippen molar-refractivity contribution in [2.75, 3.05) is 17.7 Å². The molecule has 24 heavy (non-hydrogen) atoms. The SMILES string of the molecule is COc1ccc(C)cc1NC(=O)Nc1cc(C(F)(F)F)ccc1Cl. The highest BCUT2D eigenvalue weighted by Gasteiger charge is 2.31. The van der Waals surface area contributed by atoms with Crippen LogP contribution in [0, 0.1) is 6.92 Å². The van der Waals surface area contributed by atoms with Crippen LogP contribution in [-0.2, 0) is 6.18 Å². The number of anilines is 2. The number of hydrogen-bond acceptors (Lipinski definition) is 2. The molecule has 2 aromatic carbocycles. The number of halogens is 4. The first-order valence-corrected chi connectivity index (χ1v) is 7.18. The summed E-state index contributed by atoms with van der Waals surface area (Å²) in [6, 6.07) is 7.09. The van der Waals surface area contributed by atoms with Crippen molar-refractivity contribution < 1.29 is 22.7 Å². The van der Waals surface area contributed by atoms with Crippen molar-refractivity contribution in [1.82, 2.24) is 0 Å². The minimum atomic E-state index is -4.53. The van der Waals surface area contributed by atoms with Crippen LogP contribution < -0.4 is 15.4 Å². The fourth-order valence-electron chi connectivity index (χ4n) is 1.99. The predicted molar refractivity (Wildman–Crippen MR) is 86.8 cm³/mol. The molecule has 0 saturated heterocycles. The third-order valence-electron chi connectivity index (χ3n) is 3.15. The molecule has 4 nitrogen and oxygen atoms in total. The van der Waals surface area contributed by atoms with E-state index in [9.17, 15) is 18.0 Å². The van der Waals surface area contributed by atoms with Gasteiger partial charge in [0.1, 0.15) is 5.75 Å². The van der Waals surface area contributed by atoms with Gasteiger partial charge in [-0.05, 0) is 42.8 Å². The first-order chi connectivity index (χ1) is 11.2. The predicted octanol–water partition coefficient (Wildman–Crippen LogP) is 5.32. The standard InChI is InChI=1S/C16H14ClF3N2O2/c1-9-3-6-14(24-2)13(7-9)22-15(23)21-12-8-10(16(18,19)20)4-5-11(12)17/h3-8H,1-2H3,(H2,21,22,23). The Labute approximate surface area is 141 Å². The van der Waals surface area contributed by atoms with Gasteiger partial charge in [0.25, 0.3) is 0 Å². The summed E-state index contributed by atoms with van der Waals surface area (Å²) < 4.78 is 43.3. The Bertz CT molecular complexity index is 763. The van der Waals surface area contributed by atoms with Crippen molar-refractivity contribution in [1.29, 1.82) is 0 Å². The third-order valence-corrected chi connectivity index (χ3v) is 3.47. The fourth-order valence-corrected chi connectivity index (χ4v) is 2.16. The molecule has 2 aromatic rings. The molecule has 0 radical (unpaired) electrons. The van der Waals surface area contributed by atoms with Crippen molar-refractivity contribution in [2.24, 2.45) is 0 Å². The minimum absolute atomic E-state index is 0.00522. The van der Waals surface area contributed by atoms with E-state index < -0.39 is 17.8 Å². The van der Waals surface area contributed by atoms with E-state index in [0.717, 1.165) is 23.8 Å². The third kappa shape index (κ3) is 4.32. The highest BCUT2D eigenvalue weighted by atomic mass is 35.5. The molecule has 0 fully saturated rings. The van der Waals surface area contributed by atoms with Gasteiger partial charge in [-0.3, -0.25) is 0 Å². The molecule has 0 unspecified atom stereocenters. The first kappa shape index (κ1) is 17.9. The number of nitrogens with one attached hydrogen (secondary N) is 2. The molecule has 0 aliphatic heterocycles. The van der Waals surface area contributed by atoms with Gasteiger partial charge in [0.15, 0.2) is 0 Å². The number of alkyl halides is 3. The van der Waals surface area contributed by atoms with Gasteiger partial charge in [-0.15, -0.1) is 0 Å². The molecule has 2 rings (SSSR count). The van der Waals surface area contributed by atoms with Crippen LogP contribution in [-0.4, -0.2) is 13.1 Å². The minimum Gasteiger partial charge on any atom is -0.495 e. The Kier molecular flexibility index (Phi) is 5.23. The number of methoxy groups -OCH3 is 1. The molecule has 0 atom stereocenters. The quantitative estimate of drug-likeness (QED) is 0.780. The molecule has 2 amide bonds. The Morgan fingerprint density at radius 2 is 1.75 bits per heavy atom. The molecule has 0 bridgehead atoms. The lowest BCUT2D eigenvalue weighted by molar-refractivity contribution is -0.137. The van der Waals surface area contributed by atoms with E-state index in [1.807, 2.05) is 6.92 Å². The number of hydrogen-bond donors (Lipinski definition) is 2. The topological polar surface area (TPSA) is 50.4 Å². The second-order valence-corrected chi connectivity index (χ2v) is 5.38. The second kappa shape index (κ2) is 7.00. The molecular formula is C16H14ClF3N2O2. The number of benzene rings is 2. The average Bonchev–Trinajstić information content (AvgIpc) is 2.48. The number of aryl methyl sites for hydroxylation is 1. The summed E-state index contributed by atoms with van der Waals surface area (Å²) in [7, 11) is 1.44. The summed E-state index contributed by atoms with van der Waals surface area (Å²) in [5.74, 6) is 0.422. The van der Waals surface area contributed by atoms with Gasteiger partial charge in [0.2, 0.25) is 0 Å². The Morgan fingerprint density at radius 1 is 1.08 bits per heavy atom. The molecule has 0 aliphatic carbocycles. The van der Waals surface area contributed by atoms with E-state index in [1.54, 1.807) is 18.2 Å². The van der Waals surface area contributed by atoms with Gasteiger partial charge >= 0.3 is 12.2 Å². The highest BCUT2D eigenvalue weighted by molar-refractivity contribution is 6.33. The van der Waals surface area contributed by atoms with Gasteiger partial charge in [0, 0.05) is 0 Å². The summed E-state index contributed by atoms with van der Waals surface area (Å²) in [6.45, 7) is 1.83. The molecule has 0 aliphatic rings. The summed E-state index contributed by atoms with van der Waals surface area (Å²) >= 11 is 5.84. The number of amides is 2. The van der Waals surface area contributed by atoms with Crippen LogP contribution in [0.4, 0.5) is 29.3 Å². The van der Waals surface area contributed by atoms with Crippen molar-refractivity contribution in [3.05, 3.63) is 52.5 Å². The number of ether oxygens (including phenoxy) is 1. The zero-order valence-electron chi connectivity index (χ0n) is 12.8. The molecule has 0 saturated carbocycles. The lowest BCUT2D eigenvalue weighted by atomic mass is 10.2. The van der Waals surface area contributed by atoms with Crippen LogP contribution in [0.1, 0.15) is 11.1 Å². The van der Waals surface area contributed by atoms with Gasteiger partial charge in [-0.1, -0.05) is 17.7 Å². The van der Waals surface area contributed by atoms with Crippen LogP contribution in [0.3, 0.4) is 0 Å². The molecule has 8 heteroatoms. The summed E-state index contributed by atoms with van der Waals surface area (Å²) in [4.78, 5) is 12.1. The number of rotatable bonds is 3. The first-order valence-electron chi connectivity index (χ1n) is 6.80. The van der Waals surface area contributed by atoms with E-state index in [4.69, 9.17) is 16.3 Å². The van der Waals surface area contributed by atoms with Crippen molar-refractivity contribution >= 4 is 29.0 Å². The van der Waals surface area contributed by atoms with E-state index in [-0.39, 0.29) is 10.7 Å². The second-order valence-electron chi connectivity index (χ2n) is 4.98. The molecule has 0 heterocycles. The maximum absolute atomic E-state index is 12.7. The maximum atomic E-state index is 12.7. The molecule has 2 N–H and O–H groups in total. The summed E-state index contributed by atoms with van der Waals surface area (Å²) in [5, 5.41) is 4.82. The monoisotopic (exact) mass is 358 g/mol. The van der Waals surface area contributed by atoms with Gasteiger partial charge in [-0.2, -0.15) is 13.2 Å². The maximum Gasteiger partial charge on any atom is 0.416 e. The van der Waals surface area contributed by atoms with E-state index in [2.05, 4.69) is 10.6 Å². The Hall–Kier alpha value is -2.41. The van der Waals surface area contributed by atoms with E-state index in [1.165, 1.54) is 7.11 Å². The van der Waals surface area contributed by atoms with Gasteiger partial charge in [-0.25, -0.2) is 4.79 Å². The molecule has 128 valence electrons. The van der Waals surface area contributed by atoms with Crippen LogP contribution in [0.25, 0.3) is 0 Å². The highest BCUT2D eigenvalue weighted by Crippen LogP contribution is 2.34. The zero-order valence-corrected chi connectivity index (χ0v) is 13.5. The molecule has 0 spiro atoms. The van der Waals surface area contributed by atoms with E-state index >= 15 is 0 Å². The largest absolute Gasteiger partial charge is 0.495 e. The Morgan fingerprint density at radius 3 is 2.38 bits per heavy atom. The van der Waals surface area contributed by atoms with Gasteiger partial charge < -0.3 is 15.4 Å². The van der Waals surface area contributed by atoms with Gasteiger partial charge in [0.05, 0.1) is 29.1 Å². The summed E-state index contributed by atoms with van der Waals surface area (Å²) in [5.41, 5.74) is 0.215. The normalized spacial score (nSPS) is 11.1. The van der Waals surface area contributed by atoms with Crippen LogP contribution in [0.15, 0.2) is 36.4 Å². The number of urea groups is 1. The molecule has 0 aromatic heterocycles. The van der Waals surface area contributed by atoms with Crippen LogP contribution in [0.2, 0.25) is 5.02 Å². The Balaban J connectivity index is 2.20. The lowest BCUT2D eigenvalue weighted by Crippen LogP contribution is -2.20. The lowest BCUT2D eigenvalue weighted by Gasteiger charge is -2.14. The smallest absolute Gasteiger partial charge is 0.416 e. The number of carbonyl (C=O) groups excluding carboxylic acids is 1. The van der Waals surface area contributed by atoms with E-state index in [0.29, 0.717) is 11.4 Å². The number of carbonyl (C=O) groups is 1. The zero-order chi connectivity index (χ0) is 17.9. The van der Waals surface area contributed by atoms with Crippen molar-refractivity contribution in [2.45, 2.75) is 13.1 Å². The van der Waals surface area contributed by atoms with Crippen LogP contribution >= 0.6 is 11.6 Å². The summed E-state index contributed by atoms with van der Waals surface area (Å²) in [6.07, 6.45) is -4.53. The fraction of sp³-hybridized carbons (Fsp3) is 0.188. The van der Waals surface area contributed by atoms with Crippen molar-refractivity contribution in [3.63, 3.8) is 0 Å².